The van der Waals surface area contributed by atoms with Crippen molar-refractivity contribution in [1.29, 1.82) is 0 Å². The highest BCUT2D eigenvalue weighted by Gasteiger charge is 2.20. The smallest absolute Gasteiger partial charge is 0.240 e. The summed E-state index contributed by atoms with van der Waals surface area (Å²) < 4.78 is 31.6. The van der Waals surface area contributed by atoms with Crippen molar-refractivity contribution >= 4 is 21.4 Å². The maximum atomic E-state index is 12.7. The van der Waals surface area contributed by atoms with Crippen LogP contribution in [0.1, 0.15) is 11.6 Å². The Balaban J connectivity index is 1.52. The Morgan fingerprint density at radius 3 is 2.44 bits per heavy atom. The molecule has 1 aromatic carbocycles. The van der Waals surface area contributed by atoms with Crippen LogP contribution in [-0.4, -0.2) is 34.5 Å². The molecule has 138 valence electrons. The minimum absolute atomic E-state index is 0.204. The van der Waals surface area contributed by atoms with E-state index in [0.717, 1.165) is 11.3 Å². The monoisotopic (exact) mass is 399 g/mol. The number of rotatable bonds is 7. The lowest BCUT2D eigenvalue weighted by molar-refractivity contribution is 0.506. The zero-order chi connectivity index (χ0) is 18.7. The highest BCUT2D eigenvalue weighted by molar-refractivity contribution is 7.89. The largest absolute Gasteiger partial charge is 0.264 e. The van der Waals surface area contributed by atoms with E-state index >= 15 is 0 Å². The number of nitrogens with one attached hydrogen (secondary N) is 1. The minimum Gasteiger partial charge on any atom is -0.264 e. The van der Waals surface area contributed by atoms with E-state index in [1.165, 1.54) is 0 Å². The van der Waals surface area contributed by atoms with Gasteiger partial charge in [-0.15, -0.1) is 0 Å². The van der Waals surface area contributed by atoms with Crippen LogP contribution < -0.4 is 4.72 Å². The number of aromatic nitrogens is 4. The predicted octanol–water partition coefficient (Wildman–Crippen LogP) is 2.70. The molecular weight excluding hydrogens is 382 g/mol. The fourth-order valence-corrected chi connectivity index (χ4v) is 4.51. The van der Waals surface area contributed by atoms with E-state index in [4.69, 9.17) is 0 Å². The molecule has 0 amide bonds. The highest BCUT2D eigenvalue weighted by Crippen LogP contribution is 2.21. The van der Waals surface area contributed by atoms with Crippen LogP contribution >= 0.6 is 11.3 Å². The molecule has 0 aliphatic heterocycles. The normalized spacial score (nSPS) is 12.9. The first-order valence-corrected chi connectivity index (χ1v) is 10.7. The maximum absolute atomic E-state index is 12.7. The first kappa shape index (κ1) is 17.7. The number of nitrogens with zero attached hydrogens (tertiary/aromatic N) is 4. The van der Waals surface area contributed by atoms with Gasteiger partial charge in [-0.3, -0.25) is 4.68 Å². The Kier molecular flexibility index (Phi) is 4.88. The van der Waals surface area contributed by atoms with Crippen LogP contribution in [0.4, 0.5) is 0 Å². The quantitative estimate of drug-likeness (QED) is 0.518. The third-order valence-electron chi connectivity index (χ3n) is 4.15. The molecule has 0 saturated heterocycles. The van der Waals surface area contributed by atoms with E-state index < -0.39 is 10.0 Å². The summed E-state index contributed by atoms with van der Waals surface area (Å²) in [6, 6.07) is 12.0. The average Bonchev–Trinajstić information content (AvgIpc) is 3.44. The van der Waals surface area contributed by atoms with Crippen LogP contribution in [-0.2, 0) is 10.0 Å². The van der Waals surface area contributed by atoms with Crippen LogP contribution in [0, 0.1) is 0 Å². The standard InChI is InChI=1S/C18H17N5O2S2/c24-27(25,17-5-3-16(4-6-17)22-10-1-8-19-22)21-13-18(15-7-12-26-14-15)23-11-2-9-20-23/h1-12,14,18,21H,13H2/t18-/m0/s1. The van der Waals surface area contributed by atoms with Crippen molar-refractivity contribution in [3.05, 3.63) is 83.6 Å². The molecule has 0 unspecified atom stereocenters. The number of sulfonamides is 1. The van der Waals surface area contributed by atoms with Crippen LogP contribution in [0.2, 0.25) is 0 Å². The Morgan fingerprint density at radius 2 is 1.81 bits per heavy atom. The molecule has 0 aliphatic carbocycles. The first-order valence-electron chi connectivity index (χ1n) is 8.24. The van der Waals surface area contributed by atoms with Crippen LogP contribution in [0.3, 0.4) is 0 Å². The van der Waals surface area contributed by atoms with Gasteiger partial charge in [0.05, 0.1) is 16.6 Å². The lowest BCUT2D eigenvalue weighted by Gasteiger charge is -2.17. The van der Waals surface area contributed by atoms with Gasteiger partial charge in [0, 0.05) is 31.3 Å². The zero-order valence-electron chi connectivity index (χ0n) is 14.2. The Hall–Kier alpha value is -2.75. The number of hydrogen-bond acceptors (Lipinski definition) is 5. The molecule has 1 atom stereocenters. The molecule has 0 saturated carbocycles. The van der Waals surface area contributed by atoms with Crippen molar-refractivity contribution in [1.82, 2.24) is 24.3 Å². The molecule has 4 aromatic rings. The van der Waals surface area contributed by atoms with Gasteiger partial charge in [-0.05, 0) is 58.8 Å². The molecule has 0 bridgehead atoms. The van der Waals surface area contributed by atoms with Crippen molar-refractivity contribution < 1.29 is 8.42 Å². The van der Waals surface area contributed by atoms with E-state index in [2.05, 4.69) is 14.9 Å². The summed E-state index contributed by atoms with van der Waals surface area (Å²) in [7, 11) is -3.64. The first-order chi connectivity index (χ1) is 13.1. The summed E-state index contributed by atoms with van der Waals surface area (Å²) in [6.07, 6.45) is 6.99. The lowest BCUT2D eigenvalue weighted by atomic mass is 10.1. The number of benzene rings is 1. The van der Waals surface area contributed by atoms with Crippen molar-refractivity contribution in [3.63, 3.8) is 0 Å². The SMILES string of the molecule is O=S(=O)(NC[C@@H](c1ccsc1)n1cccn1)c1ccc(-n2cccn2)cc1. The van der Waals surface area contributed by atoms with E-state index in [1.807, 2.05) is 35.2 Å². The average molecular weight is 400 g/mol. The molecule has 3 heterocycles. The molecule has 27 heavy (non-hydrogen) atoms. The van der Waals surface area contributed by atoms with Gasteiger partial charge in [0.15, 0.2) is 0 Å². The van der Waals surface area contributed by atoms with Gasteiger partial charge in [0.2, 0.25) is 10.0 Å². The van der Waals surface area contributed by atoms with Gasteiger partial charge < -0.3 is 0 Å². The second kappa shape index (κ2) is 7.47. The van der Waals surface area contributed by atoms with Crippen LogP contribution in [0.15, 0.2) is 82.9 Å². The predicted molar refractivity (Wildman–Crippen MR) is 103 cm³/mol. The van der Waals surface area contributed by atoms with Gasteiger partial charge in [-0.1, -0.05) is 0 Å². The topological polar surface area (TPSA) is 81.8 Å². The Labute approximate surface area is 160 Å². The lowest BCUT2D eigenvalue weighted by Crippen LogP contribution is -2.31. The minimum atomic E-state index is -3.64. The highest BCUT2D eigenvalue weighted by atomic mass is 32.2. The third kappa shape index (κ3) is 3.85. The summed E-state index contributed by atoms with van der Waals surface area (Å²) in [5, 5.41) is 12.4. The van der Waals surface area contributed by atoms with Crippen molar-refractivity contribution in [2.45, 2.75) is 10.9 Å². The molecule has 0 aliphatic rings. The zero-order valence-corrected chi connectivity index (χ0v) is 15.8. The fraction of sp³-hybridized carbons (Fsp3) is 0.111. The van der Waals surface area contributed by atoms with Crippen molar-refractivity contribution in [3.8, 4) is 5.69 Å². The van der Waals surface area contributed by atoms with E-state index in [-0.39, 0.29) is 17.5 Å². The van der Waals surface area contributed by atoms with E-state index in [9.17, 15) is 8.42 Å². The summed E-state index contributed by atoms with van der Waals surface area (Å²) in [6.45, 7) is 0.210. The summed E-state index contributed by atoms with van der Waals surface area (Å²) in [5.74, 6) is 0. The molecule has 7 nitrogen and oxygen atoms in total. The Bertz CT molecular complexity index is 1040. The maximum Gasteiger partial charge on any atom is 0.240 e. The summed E-state index contributed by atoms with van der Waals surface area (Å²) in [5.41, 5.74) is 1.81. The molecule has 3 aromatic heterocycles. The number of thiophene rings is 1. The second-order valence-corrected chi connectivity index (χ2v) is 8.40. The molecule has 0 fully saturated rings. The van der Waals surface area contributed by atoms with Crippen molar-refractivity contribution in [2.24, 2.45) is 0 Å². The molecule has 0 spiro atoms. The molecule has 1 N–H and O–H groups in total. The van der Waals surface area contributed by atoms with Crippen LogP contribution in [0.25, 0.3) is 5.69 Å². The van der Waals surface area contributed by atoms with E-state index in [0.29, 0.717) is 0 Å². The second-order valence-electron chi connectivity index (χ2n) is 5.85. The Morgan fingerprint density at radius 1 is 1.04 bits per heavy atom. The van der Waals surface area contributed by atoms with Gasteiger partial charge in [0.25, 0.3) is 0 Å². The molecule has 0 radical (unpaired) electrons. The summed E-state index contributed by atoms with van der Waals surface area (Å²) >= 11 is 1.57. The van der Waals surface area contributed by atoms with Crippen molar-refractivity contribution in [2.75, 3.05) is 6.54 Å². The molecular formula is C18H17N5O2S2. The van der Waals surface area contributed by atoms with Gasteiger partial charge in [-0.2, -0.15) is 21.5 Å². The van der Waals surface area contributed by atoms with Crippen LogP contribution in [0.5, 0.6) is 0 Å². The summed E-state index contributed by atoms with van der Waals surface area (Å²) in [4.78, 5) is 0.211. The van der Waals surface area contributed by atoms with Gasteiger partial charge >= 0.3 is 0 Å². The fourth-order valence-electron chi connectivity index (χ4n) is 2.77. The van der Waals surface area contributed by atoms with Gasteiger partial charge in [-0.25, -0.2) is 17.8 Å². The molecule has 9 heteroatoms. The van der Waals surface area contributed by atoms with Gasteiger partial charge in [0.1, 0.15) is 0 Å². The van der Waals surface area contributed by atoms with E-state index in [1.54, 1.807) is 63.6 Å². The molecule has 4 rings (SSSR count). The number of hydrogen-bond donors (Lipinski definition) is 1. The third-order valence-corrected chi connectivity index (χ3v) is 6.30.